The zero-order valence-corrected chi connectivity index (χ0v) is 42.3. The molecule has 0 saturated carbocycles. The molecule has 0 N–H and O–H groups in total. The molecule has 1 aliphatic rings. The minimum Gasteiger partial charge on any atom is -0.310 e. The summed E-state index contributed by atoms with van der Waals surface area (Å²) in [5, 5.41) is 7.44. The van der Waals surface area contributed by atoms with Gasteiger partial charge >= 0.3 is 0 Å². The molecule has 15 rings (SSSR count). The summed E-state index contributed by atoms with van der Waals surface area (Å²) in [6.07, 6.45) is 0. The van der Waals surface area contributed by atoms with Gasteiger partial charge in [-0.15, -0.1) is 0 Å². The zero-order valence-electron chi connectivity index (χ0n) is 42.3. The standard InChI is InChI=1S/C75H50N2/c1-3-26-58(27-4-1)75(59-28-5-2-6-29-59)70-36-13-11-33-66(70)67-45-44-62(50-71(67)75)76(60-42-39-53(40-43-60)64-35-17-21-51-19-7-9-31-63(51)64)61-30-16-25-56(48-61)54-23-15-24-55(47-54)57-41-46-74-69(49-57)68-34-12-14-37-73(68)77(74)72-38-18-22-52-20-8-10-32-65(52)72/h1-50H. The van der Waals surface area contributed by atoms with Gasteiger partial charge in [-0.1, -0.05) is 237 Å². The van der Waals surface area contributed by atoms with Gasteiger partial charge in [0.2, 0.25) is 0 Å². The maximum absolute atomic E-state index is 2.47. The van der Waals surface area contributed by atoms with E-state index in [1.165, 1.54) is 105 Å². The molecular formula is C75H50N2. The average Bonchev–Trinajstić information content (AvgIpc) is 4.12. The van der Waals surface area contributed by atoms with Gasteiger partial charge in [0.15, 0.2) is 0 Å². The summed E-state index contributed by atoms with van der Waals surface area (Å²) in [6, 6.07) is 112. The van der Waals surface area contributed by atoms with Crippen LogP contribution in [0.4, 0.5) is 17.1 Å². The van der Waals surface area contributed by atoms with Gasteiger partial charge < -0.3 is 9.47 Å². The van der Waals surface area contributed by atoms with Gasteiger partial charge in [-0.05, 0) is 150 Å². The van der Waals surface area contributed by atoms with Gasteiger partial charge in [0.25, 0.3) is 0 Å². The van der Waals surface area contributed by atoms with Crippen molar-refractivity contribution in [2.24, 2.45) is 0 Å². The number of aromatic nitrogens is 1. The molecule has 2 nitrogen and oxygen atoms in total. The van der Waals surface area contributed by atoms with Crippen molar-refractivity contribution < 1.29 is 0 Å². The Bertz CT molecular complexity index is 4520. The van der Waals surface area contributed by atoms with Crippen LogP contribution in [-0.2, 0) is 5.41 Å². The van der Waals surface area contributed by atoms with Crippen molar-refractivity contribution in [3.63, 3.8) is 0 Å². The van der Waals surface area contributed by atoms with E-state index in [9.17, 15) is 0 Å². The third-order valence-electron chi connectivity index (χ3n) is 16.2. The Morgan fingerprint density at radius 3 is 1.53 bits per heavy atom. The Morgan fingerprint density at radius 1 is 0.260 bits per heavy atom. The van der Waals surface area contributed by atoms with Crippen molar-refractivity contribution in [2.75, 3.05) is 4.90 Å². The minimum absolute atomic E-state index is 0.537. The van der Waals surface area contributed by atoms with E-state index >= 15 is 0 Å². The Hall–Kier alpha value is -10.0. The molecule has 2 heteroatoms. The van der Waals surface area contributed by atoms with Crippen LogP contribution < -0.4 is 4.90 Å². The fourth-order valence-electron chi connectivity index (χ4n) is 12.8. The molecule has 0 fully saturated rings. The molecule has 0 atom stereocenters. The van der Waals surface area contributed by atoms with Crippen molar-refractivity contribution in [1.82, 2.24) is 4.57 Å². The smallest absolute Gasteiger partial charge is 0.0714 e. The number of anilines is 3. The molecule has 0 aliphatic heterocycles. The van der Waals surface area contributed by atoms with Crippen LogP contribution in [0.25, 0.3) is 93.5 Å². The molecule has 1 heterocycles. The van der Waals surface area contributed by atoms with Gasteiger partial charge in [-0.3, -0.25) is 0 Å². The lowest BCUT2D eigenvalue weighted by Crippen LogP contribution is -2.28. The molecule has 77 heavy (non-hydrogen) atoms. The first-order valence-electron chi connectivity index (χ1n) is 26.7. The second-order valence-corrected chi connectivity index (χ2v) is 20.4. The molecule has 1 aromatic heterocycles. The summed E-state index contributed by atoms with van der Waals surface area (Å²) in [5.41, 5.74) is 21.0. The third kappa shape index (κ3) is 7.18. The molecule has 0 saturated heterocycles. The van der Waals surface area contributed by atoms with E-state index in [2.05, 4.69) is 313 Å². The second kappa shape index (κ2) is 18.1. The maximum atomic E-state index is 2.47. The predicted octanol–water partition coefficient (Wildman–Crippen LogP) is 19.9. The summed E-state index contributed by atoms with van der Waals surface area (Å²) < 4.78 is 2.44. The molecule has 0 unspecified atom stereocenters. The van der Waals surface area contributed by atoms with E-state index in [0.717, 1.165) is 28.2 Å². The van der Waals surface area contributed by atoms with E-state index in [-0.39, 0.29) is 0 Å². The van der Waals surface area contributed by atoms with Gasteiger partial charge in [-0.25, -0.2) is 0 Å². The van der Waals surface area contributed by atoms with E-state index in [1.54, 1.807) is 0 Å². The molecule has 13 aromatic carbocycles. The normalized spacial score (nSPS) is 12.5. The Kier molecular flexibility index (Phi) is 10.5. The number of rotatable bonds is 9. The number of hydrogen-bond donors (Lipinski definition) is 0. The van der Waals surface area contributed by atoms with Crippen LogP contribution in [0.3, 0.4) is 0 Å². The Balaban J connectivity index is 0.874. The minimum atomic E-state index is -0.537. The second-order valence-electron chi connectivity index (χ2n) is 20.4. The SMILES string of the molecule is c1ccc(C2(c3ccccc3)c3ccccc3-c3ccc(N(c4ccc(-c5cccc6ccccc56)cc4)c4cccc(-c5cccc(-c6ccc7c(c6)c6ccccc6n7-c6cccc7ccccc67)c5)c4)cc32)cc1. The number of hydrogen-bond acceptors (Lipinski definition) is 1. The van der Waals surface area contributed by atoms with Crippen molar-refractivity contribution >= 4 is 60.4 Å². The van der Waals surface area contributed by atoms with Crippen molar-refractivity contribution in [2.45, 2.75) is 5.41 Å². The van der Waals surface area contributed by atoms with Crippen LogP contribution in [0.15, 0.2) is 303 Å². The first-order valence-corrected chi connectivity index (χ1v) is 26.7. The molecule has 0 spiro atoms. The lowest BCUT2D eigenvalue weighted by molar-refractivity contribution is 0.768. The van der Waals surface area contributed by atoms with E-state index < -0.39 is 5.41 Å². The molecule has 0 radical (unpaired) electrons. The predicted molar refractivity (Wildman–Crippen MR) is 324 cm³/mol. The fraction of sp³-hybridized carbons (Fsp3) is 0.0133. The average molecular weight is 979 g/mol. The van der Waals surface area contributed by atoms with Gasteiger partial charge in [0, 0.05) is 33.2 Å². The highest BCUT2D eigenvalue weighted by Crippen LogP contribution is 2.57. The highest BCUT2D eigenvalue weighted by molar-refractivity contribution is 6.12. The fourth-order valence-corrected chi connectivity index (χ4v) is 12.8. The first-order chi connectivity index (χ1) is 38.2. The van der Waals surface area contributed by atoms with Crippen LogP contribution >= 0.6 is 0 Å². The van der Waals surface area contributed by atoms with E-state index in [4.69, 9.17) is 0 Å². The lowest BCUT2D eigenvalue weighted by atomic mass is 9.67. The van der Waals surface area contributed by atoms with Crippen molar-refractivity contribution in [3.8, 4) is 50.2 Å². The molecule has 1 aliphatic carbocycles. The Labute approximate surface area is 448 Å². The monoisotopic (exact) mass is 978 g/mol. The summed E-state index contributed by atoms with van der Waals surface area (Å²) >= 11 is 0. The van der Waals surface area contributed by atoms with E-state index in [0.29, 0.717) is 0 Å². The quantitative estimate of drug-likeness (QED) is 0.140. The maximum Gasteiger partial charge on any atom is 0.0714 e. The molecule has 0 bridgehead atoms. The lowest BCUT2D eigenvalue weighted by Gasteiger charge is -2.35. The molecule has 14 aromatic rings. The third-order valence-corrected chi connectivity index (χ3v) is 16.2. The number of fused-ring (bicyclic) bond motifs is 8. The number of nitrogens with zero attached hydrogens (tertiary/aromatic N) is 2. The van der Waals surface area contributed by atoms with E-state index in [1.807, 2.05) is 0 Å². The Morgan fingerprint density at radius 2 is 0.766 bits per heavy atom. The number of para-hydroxylation sites is 1. The highest BCUT2D eigenvalue weighted by Gasteiger charge is 2.46. The van der Waals surface area contributed by atoms with Gasteiger partial charge in [-0.2, -0.15) is 0 Å². The van der Waals surface area contributed by atoms with Gasteiger partial charge in [0.05, 0.1) is 22.1 Å². The largest absolute Gasteiger partial charge is 0.310 e. The summed E-state index contributed by atoms with van der Waals surface area (Å²) in [4.78, 5) is 2.45. The van der Waals surface area contributed by atoms with Crippen molar-refractivity contribution in [1.29, 1.82) is 0 Å². The summed E-state index contributed by atoms with van der Waals surface area (Å²) in [5.74, 6) is 0. The topological polar surface area (TPSA) is 8.17 Å². The van der Waals surface area contributed by atoms with Crippen LogP contribution in [-0.4, -0.2) is 4.57 Å². The summed E-state index contributed by atoms with van der Waals surface area (Å²) in [6.45, 7) is 0. The first kappa shape index (κ1) is 44.5. The van der Waals surface area contributed by atoms with Crippen LogP contribution in [0, 0.1) is 0 Å². The molecule has 360 valence electrons. The molecule has 0 amide bonds. The van der Waals surface area contributed by atoms with Crippen LogP contribution in [0.1, 0.15) is 22.3 Å². The zero-order chi connectivity index (χ0) is 50.9. The van der Waals surface area contributed by atoms with Crippen LogP contribution in [0.2, 0.25) is 0 Å². The summed E-state index contributed by atoms with van der Waals surface area (Å²) in [7, 11) is 0. The highest BCUT2D eigenvalue weighted by atomic mass is 15.1. The number of benzene rings is 13. The van der Waals surface area contributed by atoms with Gasteiger partial charge in [0.1, 0.15) is 0 Å². The molecular weight excluding hydrogens is 929 g/mol. The van der Waals surface area contributed by atoms with Crippen molar-refractivity contribution in [3.05, 3.63) is 326 Å². The van der Waals surface area contributed by atoms with Crippen LogP contribution in [0.5, 0.6) is 0 Å².